The zero-order valence-electron chi connectivity index (χ0n) is 9.49. The first-order valence-electron chi connectivity index (χ1n) is 5.27. The highest BCUT2D eigenvalue weighted by Crippen LogP contribution is 2.26. The molecule has 1 aromatic carbocycles. The number of aliphatic hydroxyl groups excluding tert-OH is 1. The van der Waals surface area contributed by atoms with E-state index in [4.69, 9.17) is 4.42 Å². The van der Waals surface area contributed by atoms with Gasteiger partial charge in [-0.3, -0.25) is 0 Å². The van der Waals surface area contributed by atoms with E-state index in [-0.39, 0.29) is 17.6 Å². The van der Waals surface area contributed by atoms with Gasteiger partial charge in [0, 0.05) is 6.07 Å². The molecule has 1 aromatic heterocycles. The van der Waals surface area contributed by atoms with Crippen molar-refractivity contribution in [2.24, 2.45) is 0 Å². The van der Waals surface area contributed by atoms with E-state index in [2.05, 4.69) is 4.98 Å². The van der Waals surface area contributed by atoms with Crippen molar-refractivity contribution in [3.05, 3.63) is 29.4 Å². The second-order valence-corrected chi connectivity index (χ2v) is 4.22. The van der Waals surface area contributed by atoms with Crippen LogP contribution in [0.5, 0.6) is 0 Å². The van der Waals surface area contributed by atoms with Crippen LogP contribution in [-0.2, 0) is 0 Å². The van der Waals surface area contributed by atoms with Crippen molar-refractivity contribution in [3.8, 4) is 0 Å². The van der Waals surface area contributed by atoms with Crippen molar-refractivity contribution < 1.29 is 13.9 Å². The van der Waals surface area contributed by atoms with Crippen molar-refractivity contribution in [1.29, 1.82) is 0 Å². The van der Waals surface area contributed by atoms with Gasteiger partial charge in [0.1, 0.15) is 17.4 Å². The predicted octanol–water partition coefficient (Wildman–Crippen LogP) is 3.14. The monoisotopic (exact) mass is 223 g/mol. The van der Waals surface area contributed by atoms with E-state index >= 15 is 0 Å². The SMILES string of the molecule is CC(C)c1cc2oc(C(C)O)nc2cc1F. The molecule has 1 N–H and O–H groups in total. The third-order valence-electron chi connectivity index (χ3n) is 2.50. The molecule has 86 valence electrons. The highest BCUT2D eigenvalue weighted by atomic mass is 19.1. The normalized spacial score (nSPS) is 13.6. The average Bonchev–Trinajstić information content (AvgIpc) is 2.58. The summed E-state index contributed by atoms with van der Waals surface area (Å²) >= 11 is 0. The van der Waals surface area contributed by atoms with E-state index in [9.17, 15) is 9.50 Å². The van der Waals surface area contributed by atoms with Gasteiger partial charge in [0.2, 0.25) is 5.89 Å². The van der Waals surface area contributed by atoms with Crippen LogP contribution in [0.1, 0.15) is 44.2 Å². The average molecular weight is 223 g/mol. The van der Waals surface area contributed by atoms with Gasteiger partial charge < -0.3 is 9.52 Å². The molecule has 1 atom stereocenters. The largest absolute Gasteiger partial charge is 0.438 e. The van der Waals surface area contributed by atoms with Gasteiger partial charge in [-0.1, -0.05) is 13.8 Å². The maximum atomic E-state index is 13.6. The molecule has 4 heteroatoms. The summed E-state index contributed by atoms with van der Waals surface area (Å²) in [6.07, 6.45) is -0.780. The Balaban J connectivity index is 2.61. The van der Waals surface area contributed by atoms with Crippen molar-refractivity contribution in [1.82, 2.24) is 4.98 Å². The first-order chi connectivity index (χ1) is 7.49. The number of rotatable bonds is 2. The maximum Gasteiger partial charge on any atom is 0.224 e. The van der Waals surface area contributed by atoms with Crippen LogP contribution in [0.3, 0.4) is 0 Å². The van der Waals surface area contributed by atoms with Gasteiger partial charge in [-0.2, -0.15) is 0 Å². The van der Waals surface area contributed by atoms with E-state index in [1.54, 1.807) is 13.0 Å². The quantitative estimate of drug-likeness (QED) is 0.850. The van der Waals surface area contributed by atoms with Crippen molar-refractivity contribution in [3.63, 3.8) is 0 Å². The topological polar surface area (TPSA) is 46.3 Å². The van der Waals surface area contributed by atoms with Gasteiger partial charge in [-0.05, 0) is 24.5 Å². The molecule has 16 heavy (non-hydrogen) atoms. The van der Waals surface area contributed by atoms with Crippen LogP contribution in [0.2, 0.25) is 0 Å². The van der Waals surface area contributed by atoms with Crippen molar-refractivity contribution in [2.45, 2.75) is 32.8 Å². The minimum absolute atomic E-state index is 0.0875. The lowest BCUT2D eigenvalue weighted by Crippen LogP contribution is -1.92. The molecule has 0 aliphatic carbocycles. The van der Waals surface area contributed by atoms with Crippen molar-refractivity contribution >= 4 is 11.1 Å². The Bertz CT molecular complexity index is 517. The highest BCUT2D eigenvalue weighted by molar-refractivity contribution is 5.73. The third kappa shape index (κ3) is 1.80. The summed E-state index contributed by atoms with van der Waals surface area (Å²) in [5.41, 5.74) is 1.56. The second-order valence-electron chi connectivity index (χ2n) is 4.22. The van der Waals surface area contributed by atoms with Crippen LogP contribution < -0.4 is 0 Å². The summed E-state index contributed by atoms with van der Waals surface area (Å²) in [6.45, 7) is 5.39. The fourth-order valence-electron chi connectivity index (χ4n) is 1.60. The Kier molecular flexibility index (Phi) is 2.68. The molecule has 2 aromatic rings. The van der Waals surface area contributed by atoms with E-state index in [1.165, 1.54) is 6.07 Å². The standard InChI is InChI=1S/C12H14FNO2/c1-6(2)8-4-11-10(5-9(8)13)14-12(16-11)7(3)15/h4-7,15H,1-3H3. The number of oxazole rings is 1. The highest BCUT2D eigenvalue weighted by Gasteiger charge is 2.15. The van der Waals surface area contributed by atoms with Gasteiger partial charge in [0.05, 0.1) is 0 Å². The van der Waals surface area contributed by atoms with Crippen LogP contribution >= 0.6 is 0 Å². The molecular weight excluding hydrogens is 209 g/mol. The van der Waals surface area contributed by atoms with Crippen LogP contribution in [-0.4, -0.2) is 10.1 Å². The molecule has 1 heterocycles. The summed E-state index contributed by atoms with van der Waals surface area (Å²) in [5.74, 6) is 0.0211. The predicted molar refractivity (Wildman–Crippen MR) is 58.7 cm³/mol. The zero-order chi connectivity index (χ0) is 11.9. The Morgan fingerprint density at radius 1 is 1.31 bits per heavy atom. The molecule has 1 unspecified atom stereocenters. The smallest absolute Gasteiger partial charge is 0.224 e. The number of benzene rings is 1. The number of aromatic nitrogens is 1. The fourth-order valence-corrected chi connectivity index (χ4v) is 1.60. The van der Waals surface area contributed by atoms with Crippen LogP contribution in [0.15, 0.2) is 16.5 Å². The number of aliphatic hydroxyl groups is 1. The molecule has 3 nitrogen and oxygen atoms in total. The molecule has 0 saturated heterocycles. The Labute approximate surface area is 92.9 Å². The molecule has 0 aliphatic rings. The molecule has 2 rings (SSSR count). The van der Waals surface area contributed by atoms with Gasteiger partial charge in [-0.25, -0.2) is 9.37 Å². The number of halogens is 1. The van der Waals surface area contributed by atoms with E-state index in [1.807, 2.05) is 13.8 Å². The maximum absolute atomic E-state index is 13.6. The molecule has 0 fully saturated rings. The van der Waals surface area contributed by atoms with Gasteiger partial charge in [-0.15, -0.1) is 0 Å². The minimum atomic E-state index is -0.780. The lowest BCUT2D eigenvalue weighted by Gasteiger charge is -2.05. The fraction of sp³-hybridized carbons (Fsp3) is 0.417. The first kappa shape index (κ1) is 11.1. The molecule has 0 aliphatic heterocycles. The molecular formula is C12H14FNO2. The Morgan fingerprint density at radius 2 is 2.00 bits per heavy atom. The van der Waals surface area contributed by atoms with Gasteiger partial charge >= 0.3 is 0 Å². The number of fused-ring (bicyclic) bond motifs is 1. The zero-order valence-corrected chi connectivity index (χ0v) is 9.49. The minimum Gasteiger partial charge on any atom is -0.438 e. The first-order valence-corrected chi connectivity index (χ1v) is 5.27. The third-order valence-corrected chi connectivity index (χ3v) is 2.50. The molecule has 0 spiro atoms. The summed E-state index contributed by atoms with van der Waals surface area (Å²) in [6, 6.07) is 2.99. The number of nitrogens with zero attached hydrogens (tertiary/aromatic N) is 1. The second kappa shape index (κ2) is 3.87. The van der Waals surface area contributed by atoms with Crippen molar-refractivity contribution in [2.75, 3.05) is 0 Å². The molecule has 0 saturated carbocycles. The van der Waals surface area contributed by atoms with Crippen LogP contribution in [0.25, 0.3) is 11.1 Å². The Morgan fingerprint density at radius 3 is 2.56 bits per heavy atom. The summed E-state index contributed by atoms with van der Waals surface area (Å²) < 4.78 is 19.0. The molecule has 0 bridgehead atoms. The number of hydrogen-bond acceptors (Lipinski definition) is 3. The Hall–Kier alpha value is -1.42. The van der Waals surface area contributed by atoms with E-state index in [0.29, 0.717) is 16.7 Å². The van der Waals surface area contributed by atoms with Gasteiger partial charge in [0.15, 0.2) is 5.58 Å². The van der Waals surface area contributed by atoms with Gasteiger partial charge in [0.25, 0.3) is 0 Å². The van der Waals surface area contributed by atoms with E-state index in [0.717, 1.165) is 0 Å². The molecule has 0 radical (unpaired) electrons. The lowest BCUT2D eigenvalue weighted by molar-refractivity contribution is 0.165. The van der Waals surface area contributed by atoms with E-state index < -0.39 is 6.10 Å². The lowest BCUT2D eigenvalue weighted by atomic mass is 10.0. The van der Waals surface area contributed by atoms with Crippen LogP contribution in [0.4, 0.5) is 4.39 Å². The summed E-state index contributed by atoms with van der Waals surface area (Å²) in [7, 11) is 0. The molecule has 0 amide bonds. The van der Waals surface area contributed by atoms with Crippen LogP contribution in [0, 0.1) is 5.82 Å². The number of hydrogen-bond donors (Lipinski definition) is 1. The summed E-state index contributed by atoms with van der Waals surface area (Å²) in [5, 5.41) is 9.32. The summed E-state index contributed by atoms with van der Waals surface area (Å²) in [4.78, 5) is 4.02.